The molecule has 214 valence electrons. The Hall–Kier alpha value is -4.98. The van der Waals surface area contributed by atoms with Crippen molar-refractivity contribution >= 4 is 68.4 Å². The van der Waals surface area contributed by atoms with Crippen LogP contribution in [0, 0.1) is 13.8 Å². The summed E-state index contributed by atoms with van der Waals surface area (Å²) in [6.45, 7) is 16.1. The van der Waals surface area contributed by atoms with Gasteiger partial charge in [0.25, 0.3) is 0 Å². The van der Waals surface area contributed by atoms with E-state index in [-0.39, 0.29) is 12.8 Å². The molecule has 8 heteroatoms. The molecule has 0 unspecified atom stereocenters. The number of hydrogen-bond acceptors (Lipinski definition) is 4. The first-order valence-electron chi connectivity index (χ1n) is 13.9. The zero-order valence-corrected chi connectivity index (χ0v) is 24.3. The summed E-state index contributed by atoms with van der Waals surface area (Å²) >= 11 is 0. The Morgan fingerprint density at radius 1 is 0.667 bits per heavy atom. The maximum Gasteiger partial charge on any atom is 0.303 e. The molecule has 0 saturated carbocycles. The number of carboxylic acid groups (broad SMARTS) is 2. The number of carbonyl (C=O) groups is 2. The van der Waals surface area contributed by atoms with Crippen LogP contribution in [-0.4, -0.2) is 42.1 Å². The number of nitrogens with zero attached hydrogens (tertiary/aromatic N) is 2. The highest BCUT2D eigenvalue weighted by Crippen LogP contribution is 2.38. The Kier molecular flexibility index (Phi) is 7.56. The Bertz CT molecular complexity index is 1780. The largest absolute Gasteiger partial charge is 0.481 e. The summed E-state index contributed by atoms with van der Waals surface area (Å²) in [4.78, 5) is 40.0. The lowest BCUT2D eigenvalue weighted by Gasteiger charge is -2.05. The van der Waals surface area contributed by atoms with E-state index in [0.717, 1.165) is 78.0 Å². The molecule has 0 atom stereocenters. The van der Waals surface area contributed by atoms with Gasteiger partial charge in [-0.15, -0.1) is 0 Å². The molecule has 0 aromatic carbocycles. The van der Waals surface area contributed by atoms with Crippen LogP contribution < -0.4 is 0 Å². The van der Waals surface area contributed by atoms with Gasteiger partial charge < -0.3 is 20.2 Å². The van der Waals surface area contributed by atoms with Gasteiger partial charge in [0.1, 0.15) is 0 Å². The number of fused-ring (bicyclic) bond motifs is 8. The van der Waals surface area contributed by atoms with E-state index in [1.165, 1.54) is 0 Å². The Morgan fingerprint density at radius 2 is 1.07 bits per heavy atom. The van der Waals surface area contributed by atoms with Gasteiger partial charge in [0.2, 0.25) is 0 Å². The van der Waals surface area contributed by atoms with Gasteiger partial charge in [0, 0.05) is 46.0 Å². The summed E-state index contributed by atoms with van der Waals surface area (Å²) in [5, 5.41) is 18.9. The molecule has 0 fully saturated rings. The molecule has 0 saturated heterocycles. The maximum atomic E-state index is 11.5. The van der Waals surface area contributed by atoms with Crippen LogP contribution in [0.5, 0.6) is 0 Å². The second-order valence-corrected chi connectivity index (χ2v) is 10.7. The van der Waals surface area contributed by atoms with E-state index in [2.05, 4.69) is 23.1 Å². The molecule has 3 aromatic rings. The van der Waals surface area contributed by atoms with Crippen LogP contribution in [0.3, 0.4) is 0 Å². The zero-order valence-electron chi connectivity index (χ0n) is 24.3. The van der Waals surface area contributed by atoms with E-state index >= 15 is 0 Å². The third kappa shape index (κ3) is 5.11. The number of rotatable bonds is 8. The van der Waals surface area contributed by atoms with Crippen molar-refractivity contribution in [2.24, 2.45) is 0 Å². The zero-order chi connectivity index (χ0) is 30.3. The van der Waals surface area contributed by atoms with Gasteiger partial charge in [-0.05, 0) is 98.2 Å². The van der Waals surface area contributed by atoms with E-state index in [1.807, 2.05) is 64.1 Å². The predicted octanol–water partition coefficient (Wildman–Crippen LogP) is 7.81. The predicted molar refractivity (Wildman–Crippen MR) is 169 cm³/mol. The molecule has 4 N–H and O–H groups in total. The maximum absolute atomic E-state index is 11.5. The summed E-state index contributed by atoms with van der Waals surface area (Å²) < 4.78 is 0. The molecule has 5 rings (SSSR count). The summed E-state index contributed by atoms with van der Waals surface area (Å²) in [7, 11) is 0. The molecule has 8 bridgehead atoms. The molecule has 3 aromatic heterocycles. The molecule has 0 amide bonds. The number of aromatic amines is 2. The summed E-state index contributed by atoms with van der Waals surface area (Å²) in [6.07, 6.45) is 4.22. The van der Waals surface area contributed by atoms with Gasteiger partial charge in [-0.25, -0.2) is 9.97 Å². The summed E-state index contributed by atoms with van der Waals surface area (Å²) in [5.74, 6) is -1.77. The van der Waals surface area contributed by atoms with Crippen molar-refractivity contribution in [1.29, 1.82) is 0 Å². The fraction of sp³-hybridized carbons (Fsp3) is 0.235. The van der Waals surface area contributed by atoms with Gasteiger partial charge in [-0.2, -0.15) is 0 Å². The first-order valence-corrected chi connectivity index (χ1v) is 13.9. The van der Waals surface area contributed by atoms with E-state index in [0.29, 0.717) is 24.2 Å². The Morgan fingerprint density at radius 3 is 1.43 bits per heavy atom. The highest BCUT2D eigenvalue weighted by atomic mass is 16.4. The van der Waals surface area contributed by atoms with E-state index in [9.17, 15) is 19.8 Å². The van der Waals surface area contributed by atoms with Crippen LogP contribution in [0.1, 0.15) is 84.6 Å². The standard InChI is InChI=1S/C34H34N4O4/c1-7-21-17(3)25-13-27-19(5)23(9-11-33(39)40)31(37-27)16-32-24(10-12-34(41)42)20(6)28(38-32)14-26-18(4)22(8-2)30(36-26)15-29(21)35-25/h7-8,13-16,35-36H,1-2,9-12H2,3-6H3,(H,39,40)(H,41,42). The fourth-order valence-corrected chi connectivity index (χ4v) is 5.77. The number of allylic oxidation sites excluding steroid dienone is 4. The molecule has 0 spiro atoms. The third-order valence-electron chi connectivity index (χ3n) is 8.22. The van der Waals surface area contributed by atoms with Crippen molar-refractivity contribution in [1.82, 2.24) is 19.9 Å². The first kappa shape index (κ1) is 28.5. The number of aliphatic carboxylic acids is 2. The minimum absolute atomic E-state index is 0.0354. The number of hydrogen-bond donors (Lipinski definition) is 4. The average Bonchev–Trinajstić information content (AvgIpc) is 3.59. The van der Waals surface area contributed by atoms with E-state index in [4.69, 9.17) is 9.97 Å². The van der Waals surface area contributed by atoms with Gasteiger partial charge >= 0.3 is 11.9 Å². The SMILES string of the molecule is C=Cc1c(C)c2cc3nc(cc4nc(cc5[nH]c(cc1[nH]2)c(C=C)c5C)C(C)=C4CCC(=O)O)C(CCC(=O)O)=C3C. The van der Waals surface area contributed by atoms with Crippen molar-refractivity contribution in [2.75, 3.05) is 0 Å². The van der Waals surface area contributed by atoms with Crippen LogP contribution in [-0.2, 0) is 9.59 Å². The molecular formula is C34H34N4O4. The Labute approximate surface area is 243 Å². The van der Waals surface area contributed by atoms with Gasteiger partial charge in [0.15, 0.2) is 0 Å². The quantitative estimate of drug-likeness (QED) is 0.221. The topological polar surface area (TPSA) is 132 Å². The number of aromatic nitrogens is 4. The average molecular weight is 563 g/mol. The molecule has 42 heavy (non-hydrogen) atoms. The van der Waals surface area contributed by atoms with Crippen molar-refractivity contribution in [3.8, 4) is 0 Å². The second-order valence-electron chi connectivity index (χ2n) is 10.7. The van der Waals surface area contributed by atoms with Gasteiger partial charge in [0.05, 0.1) is 22.8 Å². The summed E-state index contributed by atoms with van der Waals surface area (Å²) in [5.41, 5.74) is 13.7. The second kappa shape index (κ2) is 11.1. The highest BCUT2D eigenvalue weighted by molar-refractivity contribution is 5.97. The van der Waals surface area contributed by atoms with Crippen LogP contribution >= 0.6 is 0 Å². The molecular weight excluding hydrogens is 528 g/mol. The first-order chi connectivity index (χ1) is 20.0. The van der Waals surface area contributed by atoms with Gasteiger partial charge in [-0.3, -0.25) is 9.59 Å². The van der Waals surface area contributed by atoms with Crippen molar-refractivity contribution < 1.29 is 19.8 Å². The van der Waals surface area contributed by atoms with Crippen molar-refractivity contribution in [3.05, 3.63) is 82.5 Å². The number of aryl methyl sites for hydroxylation is 2. The van der Waals surface area contributed by atoms with E-state index in [1.54, 1.807) is 0 Å². The smallest absolute Gasteiger partial charge is 0.303 e. The number of nitrogens with one attached hydrogen (secondary N) is 2. The molecule has 0 radical (unpaired) electrons. The molecule has 8 nitrogen and oxygen atoms in total. The third-order valence-corrected chi connectivity index (χ3v) is 8.22. The van der Waals surface area contributed by atoms with Gasteiger partial charge in [-0.1, -0.05) is 25.3 Å². The summed E-state index contributed by atoms with van der Waals surface area (Å²) in [6, 6.07) is 7.88. The lowest BCUT2D eigenvalue weighted by Crippen LogP contribution is -1.97. The van der Waals surface area contributed by atoms with Crippen LogP contribution in [0.4, 0.5) is 0 Å². The minimum atomic E-state index is -0.887. The lowest BCUT2D eigenvalue weighted by molar-refractivity contribution is -0.137. The number of carboxylic acids is 2. The minimum Gasteiger partial charge on any atom is -0.481 e. The molecule has 2 aliphatic rings. The normalized spacial score (nSPS) is 13.0. The molecule has 2 aliphatic heterocycles. The van der Waals surface area contributed by atoms with Crippen molar-refractivity contribution in [3.63, 3.8) is 0 Å². The fourth-order valence-electron chi connectivity index (χ4n) is 5.77. The monoisotopic (exact) mass is 562 g/mol. The van der Waals surface area contributed by atoms with Crippen LogP contribution in [0.25, 0.3) is 56.5 Å². The highest BCUT2D eigenvalue weighted by Gasteiger charge is 2.22. The van der Waals surface area contributed by atoms with Crippen molar-refractivity contribution in [2.45, 2.75) is 53.4 Å². The lowest BCUT2D eigenvalue weighted by atomic mass is 9.98. The molecule has 5 heterocycles. The number of H-pyrrole nitrogens is 2. The van der Waals surface area contributed by atoms with Crippen LogP contribution in [0.2, 0.25) is 0 Å². The van der Waals surface area contributed by atoms with Crippen LogP contribution in [0.15, 0.2) is 37.4 Å². The van der Waals surface area contributed by atoms with E-state index < -0.39 is 11.9 Å². The Balaban J connectivity index is 1.93. The molecule has 0 aliphatic carbocycles.